The molecule has 0 aromatic heterocycles. The fourth-order valence-corrected chi connectivity index (χ4v) is 3.18. The number of nitrogens with zero attached hydrogens (tertiary/aromatic N) is 1. The second-order valence-electron chi connectivity index (χ2n) is 9.74. The molecule has 27 heavy (non-hydrogen) atoms. The number of imide groups is 1. The minimum atomic E-state index is -1.15. The number of hydrogen-bond acceptors (Lipinski definition) is 6. The second-order valence-corrected chi connectivity index (χ2v) is 9.74. The Kier molecular flexibility index (Phi) is 6.51. The summed E-state index contributed by atoms with van der Waals surface area (Å²) in [6.45, 7) is 16.5. The van der Waals surface area contributed by atoms with Crippen molar-refractivity contribution in [3.8, 4) is 0 Å². The molecule has 0 spiro atoms. The molecular weight excluding hydrogens is 350 g/mol. The lowest BCUT2D eigenvalue weighted by atomic mass is 9.61. The number of rotatable bonds is 5. The van der Waals surface area contributed by atoms with Crippen molar-refractivity contribution >= 4 is 23.8 Å². The maximum absolute atomic E-state index is 13.0. The van der Waals surface area contributed by atoms with Crippen molar-refractivity contribution in [2.24, 2.45) is 16.2 Å². The third-order valence-corrected chi connectivity index (χ3v) is 5.07. The molecule has 3 unspecified atom stereocenters. The van der Waals surface area contributed by atoms with E-state index in [1.54, 1.807) is 0 Å². The average molecular weight is 383 g/mol. The van der Waals surface area contributed by atoms with Gasteiger partial charge in [0.15, 0.2) is 12.3 Å². The Balaban J connectivity index is 2.94. The number of ether oxygens (including phenoxy) is 2. The number of likely N-dealkylation sites (tertiary alicyclic amines) is 1. The molecule has 1 heterocycles. The van der Waals surface area contributed by atoms with Crippen molar-refractivity contribution in [2.45, 2.75) is 87.5 Å². The van der Waals surface area contributed by atoms with Crippen LogP contribution in [0.25, 0.3) is 0 Å². The molecule has 0 aliphatic carbocycles. The maximum Gasteiger partial charge on any atom is 0.313 e. The quantitative estimate of drug-likeness (QED) is 0.535. The molecule has 0 aromatic carbocycles. The van der Waals surface area contributed by atoms with E-state index >= 15 is 0 Å². The van der Waals surface area contributed by atoms with E-state index in [0.717, 1.165) is 4.90 Å². The van der Waals surface area contributed by atoms with Gasteiger partial charge >= 0.3 is 11.9 Å². The van der Waals surface area contributed by atoms with E-state index in [9.17, 15) is 19.2 Å². The van der Waals surface area contributed by atoms with Crippen molar-refractivity contribution < 1.29 is 28.7 Å². The Hall–Kier alpha value is -1.92. The van der Waals surface area contributed by atoms with Crippen LogP contribution in [-0.2, 0) is 28.7 Å². The Morgan fingerprint density at radius 2 is 1.63 bits per heavy atom. The van der Waals surface area contributed by atoms with Crippen molar-refractivity contribution in [3.05, 3.63) is 0 Å². The van der Waals surface area contributed by atoms with Gasteiger partial charge in [-0.15, -0.1) is 0 Å². The molecule has 0 radical (unpaired) electrons. The molecule has 2 amide bonds. The molecule has 0 bridgehead atoms. The molecule has 1 aliphatic heterocycles. The Bertz CT molecular complexity index is 627. The fourth-order valence-electron chi connectivity index (χ4n) is 3.18. The summed E-state index contributed by atoms with van der Waals surface area (Å²) in [5, 5.41) is 0. The highest BCUT2D eigenvalue weighted by Crippen LogP contribution is 2.47. The Morgan fingerprint density at radius 1 is 1.11 bits per heavy atom. The zero-order valence-corrected chi connectivity index (χ0v) is 18.0. The first-order chi connectivity index (χ1) is 12.0. The first kappa shape index (κ1) is 23.1. The van der Waals surface area contributed by atoms with E-state index in [4.69, 9.17) is 9.47 Å². The van der Waals surface area contributed by atoms with E-state index in [1.165, 1.54) is 13.8 Å². The van der Waals surface area contributed by atoms with Crippen LogP contribution < -0.4 is 0 Å². The molecule has 1 fully saturated rings. The van der Waals surface area contributed by atoms with Crippen LogP contribution in [0.3, 0.4) is 0 Å². The van der Waals surface area contributed by atoms with E-state index in [-0.39, 0.29) is 11.8 Å². The van der Waals surface area contributed by atoms with Gasteiger partial charge in [0.05, 0.1) is 11.8 Å². The van der Waals surface area contributed by atoms with E-state index < -0.39 is 46.9 Å². The second kappa shape index (κ2) is 7.60. The summed E-state index contributed by atoms with van der Waals surface area (Å²) in [6, 6.07) is 0. The topological polar surface area (TPSA) is 90.0 Å². The summed E-state index contributed by atoms with van der Waals surface area (Å²) in [7, 11) is 0. The predicted octanol–water partition coefficient (Wildman–Crippen LogP) is 3.05. The van der Waals surface area contributed by atoms with E-state index in [0.29, 0.717) is 6.42 Å². The van der Waals surface area contributed by atoms with Crippen molar-refractivity contribution in [2.75, 3.05) is 0 Å². The van der Waals surface area contributed by atoms with Crippen molar-refractivity contribution in [1.29, 1.82) is 0 Å². The molecule has 1 rings (SSSR count). The number of amides is 2. The lowest BCUT2D eigenvalue weighted by Gasteiger charge is -2.44. The molecule has 0 saturated carbocycles. The van der Waals surface area contributed by atoms with Crippen molar-refractivity contribution in [1.82, 2.24) is 4.90 Å². The van der Waals surface area contributed by atoms with Crippen LogP contribution in [0.4, 0.5) is 0 Å². The first-order valence-corrected chi connectivity index (χ1v) is 9.24. The summed E-state index contributed by atoms with van der Waals surface area (Å²) < 4.78 is 10.4. The van der Waals surface area contributed by atoms with Gasteiger partial charge in [-0.1, -0.05) is 41.5 Å². The highest BCUT2D eigenvalue weighted by Gasteiger charge is 2.50. The SMILES string of the molecule is CC(=O)OC1CC(=O)N1C(=O)C(C)OC(=O)C(C)(CC(C)(C)C)C(C)(C)C. The number of esters is 2. The number of carbonyl (C=O) groups excluding carboxylic acids is 4. The van der Waals surface area contributed by atoms with Gasteiger partial charge in [0.25, 0.3) is 5.91 Å². The Morgan fingerprint density at radius 3 is 2.00 bits per heavy atom. The summed E-state index contributed by atoms with van der Waals surface area (Å²) in [6.07, 6.45) is -1.55. The van der Waals surface area contributed by atoms with E-state index in [1.807, 2.05) is 48.5 Å². The number of hydrogen-bond donors (Lipinski definition) is 0. The lowest BCUT2D eigenvalue weighted by molar-refractivity contribution is -0.195. The monoisotopic (exact) mass is 383 g/mol. The summed E-state index contributed by atoms with van der Waals surface area (Å²) in [4.78, 5) is 49.3. The number of carbonyl (C=O) groups is 4. The number of β-lactam (4-membered cyclic amide) rings is 1. The van der Waals surface area contributed by atoms with Crippen LogP contribution in [0.2, 0.25) is 0 Å². The average Bonchev–Trinajstić information content (AvgIpc) is 2.42. The molecule has 1 saturated heterocycles. The summed E-state index contributed by atoms with van der Waals surface area (Å²) in [5.41, 5.74) is -1.34. The molecule has 7 nitrogen and oxygen atoms in total. The standard InChI is InChI=1S/C20H33NO6/c1-12(16(24)21-14(23)10-15(21)27-13(2)22)26-17(25)20(9,19(6,7)8)11-18(3,4)5/h12,15H,10-11H2,1-9H3. The van der Waals surface area contributed by atoms with Crippen LogP contribution in [0, 0.1) is 16.2 Å². The smallest absolute Gasteiger partial charge is 0.313 e. The molecule has 3 atom stereocenters. The van der Waals surface area contributed by atoms with Crippen LogP contribution in [0.1, 0.15) is 75.2 Å². The first-order valence-electron chi connectivity index (χ1n) is 9.24. The van der Waals surface area contributed by atoms with Gasteiger partial charge in [-0.25, -0.2) is 4.90 Å². The van der Waals surface area contributed by atoms with Crippen LogP contribution >= 0.6 is 0 Å². The minimum Gasteiger partial charge on any atom is -0.452 e. The highest BCUT2D eigenvalue weighted by atomic mass is 16.6. The molecule has 0 N–H and O–H groups in total. The lowest BCUT2D eigenvalue weighted by Crippen LogP contribution is -2.60. The van der Waals surface area contributed by atoms with Crippen LogP contribution in [-0.4, -0.2) is 41.0 Å². The van der Waals surface area contributed by atoms with Gasteiger partial charge in [-0.2, -0.15) is 0 Å². The molecule has 154 valence electrons. The predicted molar refractivity (Wildman–Crippen MR) is 99.2 cm³/mol. The third-order valence-electron chi connectivity index (χ3n) is 5.07. The highest BCUT2D eigenvalue weighted by molar-refractivity contribution is 6.02. The summed E-state index contributed by atoms with van der Waals surface area (Å²) in [5.74, 6) is -2.21. The van der Waals surface area contributed by atoms with Gasteiger partial charge in [0.1, 0.15) is 0 Å². The minimum absolute atomic E-state index is 0.0459. The zero-order valence-electron chi connectivity index (χ0n) is 18.0. The van der Waals surface area contributed by atoms with Crippen molar-refractivity contribution in [3.63, 3.8) is 0 Å². The van der Waals surface area contributed by atoms with Gasteiger partial charge in [0.2, 0.25) is 5.91 Å². The Labute approximate surface area is 161 Å². The molecule has 1 aliphatic rings. The molecular formula is C20H33NO6. The summed E-state index contributed by atoms with van der Waals surface area (Å²) >= 11 is 0. The molecule has 7 heteroatoms. The maximum atomic E-state index is 13.0. The normalized spacial score (nSPS) is 21.0. The van der Waals surface area contributed by atoms with E-state index in [2.05, 4.69) is 0 Å². The van der Waals surface area contributed by atoms with Crippen LogP contribution in [0.5, 0.6) is 0 Å². The molecule has 0 aromatic rings. The van der Waals surface area contributed by atoms with Gasteiger partial charge < -0.3 is 9.47 Å². The fraction of sp³-hybridized carbons (Fsp3) is 0.800. The van der Waals surface area contributed by atoms with Crippen LogP contribution in [0.15, 0.2) is 0 Å². The third kappa shape index (κ3) is 5.30. The van der Waals surface area contributed by atoms with Gasteiger partial charge in [0, 0.05) is 6.92 Å². The van der Waals surface area contributed by atoms with Gasteiger partial charge in [-0.05, 0) is 31.1 Å². The largest absolute Gasteiger partial charge is 0.452 e. The van der Waals surface area contributed by atoms with Gasteiger partial charge in [-0.3, -0.25) is 19.2 Å². The zero-order chi connectivity index (χ0) is 21.4.